The molecule has 8 nitrogen and oxygen atoms in total. The van der Waals surface area contributed by atoms with Crippen molar-refractivity contribution < 1.29 is 19.6 Å². The summed E-state index contributed by atoms with van der Waals surface area (Å²) in [6, 6.07) is 2.67. The molecule has 0 aliphatic heterocycles. The number of hydrogen-bond acceptors (Lipinski definition) is 5. The Kier molecular flexibility index (Phi) is 3.55. The molecule has 0 bridgehead atoms. The Hall–Kier alpha value is -2.64. The highest BCUT2D eigenvalue weighted by Crippen LogP contribution is 2.36. The zero-order valence-electron chi connectivity index (χ0n) is 10.4. The number of carboxylic acid groups (broad SMARTS) is 1. The third-order valence-corrected chi connectivity index (χ3v) is 3.15. The number of nitrogens with two attached hydrogens (primary N) is 1. The standard InChI is InChI=1S/C12H13N3O5/c13-11(16)7-3-4-9(15(19)20)8(5-7)14-10(12(17)18)6-1-2-6/h3-6,10,14H,1-2H2,(H2,13,16)(H,17,18). The van der Waals surface area contributed by atoms with E-state index < -0.39 is 22.8 Å². The fraction of sp³-hybridized carbons (Fsp3) is 0.333. The van der Waals surface area contributed by atoms with Crippen LogP contribution in [0.15, 0.2) is 18.2 Å². The molecule has 4 N–H and O–H groups in total. The summed E-state index contributed by atoms with van der Waals surface area (Å²) in [6.45, 7) is 0. The number of nitrogens with one attached hydrogen (secondary N) is 1. The first-order chi connectivity index (χ1) is 9.40. The number of nitrogens with zero attached hydrogens (tertiary/aromatic N) is 1. The van der Waals surface area contributed by atoms with Crippen LogP contribution in [0.3, 0.4) is 0 Å². The number of nitro benzene ring substituents is 1. The number of carboxylic acids is 1. The number of amides is 1. The molecule has 1 aromatic rings. The van der Waals surface area contributed by atoms with Crippen LogP contribution in [0.1, 0.15) is 23.2 Å². The lowest BCUT2D eigenvalue weighted by atomic mass is 10.1. The first-order valence-corrected chi connectivity index (χ1v) is 5.97. The average molecular weight is 279 g/mol. The van der Waals surface area contributed by atoms with Gasteiger partial charge in [-0.2, -0.15) is 0 Å². The van der Waals surface area contributed by atoms with Gasteiger partial charge in [-0.15, -0.1) is 0 Å². The predicted molar refractivity (Wildman–Crippen MR) is 69.4 cm³/mol. The van der Waals surface area contributed by atoms with Crippen LogP contribution in [-0.2, 0) is 4.79 Å². The summed E-state index contributed by atoms with van der Waals surface area (Å²) in [6.07, 6.45) is 1.51. The summed E-state index contributed by atoms with van der Waals surface area (Å²) in [5, 5.41) is 22.7. The van der Waals surface area contributed by atoms with Gasteiger partial charge >= 0.3 is 5.97 Å². The van der Waals surface area contributed by atoms with Gasteiger partial charge in [-0.1, -0.05) is 0 Å². The molecule has 20 heavy (non-hydrogen) atoms. The van der Waals surface area contributed by atoms with Gasteiger partial charge in [-0.05, 0) is 30.9 Å². The van der Waals surface area contributed by atoms with E-state index in [4.69, 9.17) is 10.8 Å². The maximum absolute atomic E-state index is 11.2. The normalized spacial score (nSPS) is 15.4. The molecular weight excluding hydrogens is 266 g/mol. The Bertz CT molecular complexity index is 582. The minimum atomic E-state index is -1.08. The number of nitro groups is 1. The van der Waals surface area contributed by atoms with Crippen molar-refractivity contribution in [2.75, 3.05) is 5.32 Å². The fourth-order valence-corrected chi connectivity index (χ4v) is 1.94. The smallest absolute Gasteiger partial charge is 0.326 e. The molecule has 0 saturated heterocycles. The quantitative estimate of drug-likeness (QED) is 0.524. The molecule has 1 amide bonds. The van der Waals surface area contributed by atoms with Gasteiger partial charge in [-0.25, -0.2) is 4.79 Å². The first kappa shape index (κ1) is 13.8. The van der Waals surface area contributed by atoms with Gasteiger partial charge in [0.05, 0.1) is 4.92 Å². The van der Waals surface area contributed by atoms with Crippen molar-refractivity contribution in [3.63, 3.8) is 0 Å². The van der Waals surface area contributed by atoms with Gasteiger partial charge in [-0.3, -0.25) is 14.9 Å². The number of aliphatic carboxylic acids is 1. The van der Waals surface area contributed by atoms with Crippen molar-refractivity contribution in [3.05, 3.63) is 33.9 Å². The molecule has 8 heteroatoms. The van der Waals surface area contributed by atoms with E-state index in [-0.39, 0.29) is 22.9 Å². The minimum absolute atomic E-state index is 0.00870. The second-order valence-electron chi connectivity index (χ2n) is 4.65. The maximum Gasteiger partial charge on any atom is 0.326 e. The van der Waals surface area contributed by atoms with Gasteiger partial charge in [0, 0.05) is 11.6 Å². The van der Waals surface area contributed by atoms with E-state index in [1.807, 2.05) is 0 Å². The summed E-state index contributed by atoms with van der Waals surface area (Å²) < 4.78 is 0. The summed E-state index contributed by atoms with van der Waals surface area (Å²) in [5.41, 5.74) is 4.90. The van der Waals surface area contributed by atoms with Crippen molar-refractivity contribution in [2.24, 2.45) is 11.7 Å². The van der Waals surface area contributed by atoms with Gasteiger partial charge in [0.15, 0.2) is 0 Å². The Morgan fingerprint density at radius 2 is 2.10 bits per heavy atom. The molecule has 1 aromatic carbocycles. The molecule has 0 aromatic heterocycles. The average Bonchev–Trinajstić information content (AvgIpc) is 3.19. The topological polar surface area (TPSA) is 136 Å². The summed E-state index contributed by atoms with van der Waals surface area (Å²) in [5.74, 6) is -1.86. The van der Waals surface area contributed by atoms with E-state index in [0.717, 1.165) is 18.9 Å². The van der Waals surface area contributed by atoms with Gasteiger partial charge in [0.25, 0.3) is 5.69 Å². The molecule has 1 saturated carbocycles. The van der Waals surface area contributed by atoms with Crippen LogP contribution in [0.5, 0.6) is 0 Å². The number of benzene rings is 1. The van der Waals surface area contributed by atoms with E-state index in [0.29, 0.717) is 0 Å². The maximum atomic E-state index is 11.2. The molecule has 1 atom stereocenters. The Balaban J connectivity index is 2.36. The number of carbonyl (C=O) groups is 2. The molecule has 1 unspecified atom stereocenters. The molecule has 1 aliphatic carbocycles. The van der Waals surface area contributed by atoms with Crippen molar-refractivity contribution >= 4 is 23.3 Å². The van der Waals surface area contributed by atoms with Crippen LogP contribution < -0.4 is 11.1 Å². The molecule has 106 valence electrons. The van der Waals surface area contributed by atoms with Crippen LogP contribution in [0, 0.1) is 16.0 Å². The van der Waals surface area contributed by atoms with Gasteiger partial charge in [0.2, 0.25) is 5.91 Å². The zero-order valence-corrected chi connectivity index (χ0v) is 10.4. The van der Waals surface area contributed by atoms with Crippen molar-refractivity contribution in [2.45, 2.75) is 18.9 Å². The number of anilines is 1. The van der Waals surface area contributed by atoms with E-state index in [1.165, 1.54) is 12.1 Å². The lowest BCUT2D eigenvalue weighted by molar-refractivity contribution is -0.384. The second-order valence-corrected chi connectivity index (χ2v) is 4.65. The molecule has 0 spiro atoms. The van der Waals surface area contributed by atoms with Gasteiger partial charge < -0.3 is 16.2 Å². The zero-order chi connectivity index (χ0) is 14.9. The van der Waals surface area contributed by atoms with Crippen LogP contribution in [-0.4, -0.2) is 27.9 Å². The largest absolute Gasteiger partial charge is 0.480 e. The number of rotatable bonds is 6. The molecule has 0 radical (unpaired) electrons. The second kappa shape index (κ2) is 5.16. The van der Waals surface area contributed by atoms with E-state index in [9.17, 15) is 19.7 Å². The van der Waals surface area contributed by atoms with Gasteiger partial charge in [0.1, 0.15) is 11.7 Å². The first-order valence-electron chi connectivity index (χ1n) is 5.97. The van der Waals surface area contributed by atoms with Crippen molar-refractivity contribution in [1.82, 2.24) is 0 Å². The Labute approximate surface area is 113 Å². The van der Waals surface area contributed by atoms with E-state index >= 15 is 0 Å². The van der Waals surface area contributed by atoms with Crippen LogP contribution >= 0.6 is 0 Å². The van der Waals surface area contributed by atoms with Crippen molar-refractivity contribution in [1.29, 1.82) is 0 Å². The molecule has 0 heterocycles. The minimum Gasteiger partial charge on any atom is -0.480 e. The predicted octanol–water partition coefficient (Wildman–Crippen LogP) is 0.969. The highest BCUT2D eigenvalue weighted by Gasteiger charge is 2.37. The van der Waals surface area contributed by atoms with E-state index in [1.54, 1.807) is 0 Å². The number of carbonyl (C=O) groups excluding carboxylic acids is 1. The Morgan fingerprint density at radius 3 is 2.55 bits per heavy atom. The highest BCUT2D eigenvalue weighted by molar-refractivity contribution is 5.95. The fourth-order valence-electron chi connectivity index (χ4n) is 1.94. The Morgan fingerprint density at radius 1 is 1.45 bits per heavy atom. The van der Waals surface area contributed by atoms with Crippen LogP contribution in [0.4, 0.5) is 11.4 Å². The summed E-state index contributed by atoms with van der Waals surface area (Å²) in [4.78, 5) is 32.6. The SMILES string of the molecule is NC(=O)c1ccc([N+](=O)[O-])c(NC(C(=O)O)C2CC2)c1. The highest BCUT2D eigenvalue weighted by atomic mass is 16.6. The lowest BCUT2D eigenvalue weighted by Gasteiger charge is -2.15. The third kappa shape index (κ3) is 2.85. The summed E-state index contributed by atoms with van der Waals surface area (Å²) >= 11 is 0. The monoisotopic (exact) mass is 279 g/mol. The third-order valence-electron chi connectivity index (χ3n) is 3.15. The molecule has 2 rings (SSSR count). The van der Waals surface area contributed by atoms with Crippen molar-refractivity contribution in [3.8, 4) is 0 Å². The van der Waals surface area contributed by atoms with E-state index in [2.05, 4.69) is 5.32 Å². The summed E-state index contributed by atoms with van der Waals surface area (Å²) in [7, 11) is 0. The molecule has 1 aliphatic rings. The number of primary amides is 1. The number of hydrogen-bond donors (Lipinski definition) is 3. The van der Waals surface area contributed by atoms with Crippen LogP contribution in [0.2, 0.25) is 0 Å². The molecule has 1 fully saturated rings. The molecular formula is C12H13N3O5. The van der Waals surface area contributed by atoms with Crippen LogP contribution in [0.25, 0.3) is 0 Å². The lowest BCUT2D eigenvalue weighted by Crippen LogP contribution is -2.31.